The van der Waals surface area contributed by atoms with Gasteiger partial charge in [0.25, 0.3) is 5.91 Å². The fraction of sp³-hybridized carbons (Fsp3) is 0.100. The molecule has 0 bridgehead atoms. The highest BCUT2D eigenvalue weighted by Gasteiger charge is 2.35. The molecule has 1 aliphatic heterocycles. The summed E-state index contributed by atoms with van der Waals surface area (Å²) in [6, 6.07) is 8.69. The average Bonchev–Trinajstić information content (AvgIpc) is 2.58. The topological polar surface area (TPSA) is 117 Å². The second kappa shape index (κ2) is 4.22. The molecule has 0 aliphatic carbocycles. The molecule has 5 N–H and O–H groups in total. The fourth-order valence-corrected chi connectivity index (χ4v) is 1.40. The molecule has 1 aromatic carbocycles. The summed E-state index contributed by atoms with van der Waals surface area (Å²) in [5.41, 5.74) is 10.9. The van der Waals surface area contributed by atoms with Crippen molar-refractivity contribution in [2.75, 3.05) is 5.01 Å². The standard InChI is InChI=1S/C10H11N5O2/c11-10(12)13-8-7(16)9(17)15(14-8)6-4-2-1-3-5-6/h1-5,7,16H,(H4,11,12,13,14). The van der Waals surface area contributed by atoms with E-state index in [4.69, 9.17) is 11.5 Å². The number of aliphatic imine (C=N–C) groups is 1. The van der Waals surface area contributed by atoms with Gasteiger partial charge in [0.1, 0.15) is 0 Å². The van der Waals surface area contributed by atoms with Gasteiger partial charge in [-0.05, 0) is 12.1 Å². The van der Waals surface area contributed by atoms with E-state index >= 15 is 0 Å². The third kappa shape index (κ3) is 2.08. The number of aliphatic hydroxyl groups excluding tert-OH is 1. The van der Waals surface area contributed by atoms with Gasteiger partial charge in [0.15, 0.2) is 17.9 Å². The van der Waals surface area contributed by atoms with Gasteiger partial charge in [-0.3, -0.25) is 4.79 Å². The molecule has 0 spiro atoms. The van der Waals surface area contributed by atoms with Crippen molar-refractivity contribution < 1.29 is 9.90 Å². The van der Waals surface area contributed by atoms with Crippen molar-refractivity contribution >= 4 is 23.4 Å². The highest BCUT2D eigenvalue weighted by atomic mass is 16.3. The zero-order valence-electron chi connectivity index (χ0n) is 8.82. The van der Waals surface area contributed by atoms with Crippen molar-refractivity contribution in [2.45, 2.75) is 6.10 Å². The van der Waals surface area contributed by atoms with Gasteiger partial charge in [-0.25, -0.2) is 0 Å². The second-order valence-corrected chi connectivity index (χ2v) is 3.38. The molecule has 1 atom stereocenters. The highest BCUT2D eigenvalue weighted by molar-refractivity contribution is 6.19. The fourth-order valence-electron chi connectivity index (χ4n) is 1.40. The first-order valence-corrected chi connectivity index (χ1v) is 4.85. The van der Waals surface area contributed by atoms with E-state index in [0.29, 0.717) is 5.69 Å². The van der Waals surface area contributed by atoms with Gasteiger partial charge < -0.3 is 16.6 Å². The van der Waals surface area contributed by atoms with Crippen LogP contribution in [0.4, 0.5) is 5.69 Å². The maximum absolute atomic E-state index is 11.7. The predicted molar refractivity (Wildman–Crippen MR) is 63.2 cm³/mol. The van der Waals surface area contributed by atoms with Crippen molar-refractivity contribution in [3.8, 4) is 0 Å². The number of carbonyl (C=O) groups is 1. The van der Waals surface area contributed by atoms with Crippen LogP contribution in [-0.4, -0.2) is 28.9 Å². The third-order valence-electron chi connectivity index (χ3n) is 2.13. The lowest BCUT2D eigenvalue weighted by molar-refractivity contribution is -0.122. The number of amides is 1. The van der Waals surface area contributed by atoms with E-state index in [2.05, 4.69) is 10.1 Å². The quantitative estimate of drug-likeness (QED) is 0.425. The smallest absolute Gasteiger partial charge is 0.284 e. The number of hydrogen-bond acceptors (Lipinski definition) is 4. The molecule has 7 heteroatoms. The van der Waals surface area contributed by atoms with Gasteiger partial charge >= 0.3 is 0 Å². The van der Waals surface area contributed by atoms with Gasteiger partial charge in [-0.1, -0.05) is 18.2 Å². The first kappa shape index (κ1) is 11.1. The van der Waals surface area contributed by atoms with E-state index in [9.17, 15) is 9.90 Å². The summed E-state index contributed by atoms with van der Waals surface area (Å²) in [6.45, 7) is 0. The number of para-hydroxylation sites is 1. The van der Waals surface area contributed by atoms with Gasteiger partial charge in [-0.2, -0.15) is 10.0 Å². The van der Waals surface area contributed by atoms with Crippen LogP contribution in [-0.2, 0) is 4.79 Å². The van der Waals surface area contributed by atoms with Gasteiger partial charge in [0.05, 0.1) is 5.69 Å². The summed E-state index contributed by atoms with van der Waals surface area (Å²) in [5, 5.41) is 14.5. The molecule has 1 unspecified atom stereocenters. The summed E-state index contributed by atoms with van der Waals surface area (Å²) in [5.74, 6) is -0.958. The van der Waals surface area contributed by atoms with Crippen LogP contribution in [0.15, 0.2) is 40.4 Å². The molecule has 1 amide bonds. The Kier molecular flexibility index (Phi) is 2.75. The second-order valence-electron chi connectivity index (χ2n) is 3.38. The normalized spacial score (nSPS) is 19.1. The predicted octanol–water partition coefficient (Wildman–Crippen LogP) is -1.02. The Bertz CT molecular complexity index is 493. The maximum atomic E-state index is 11.7. The minimum Gasteiger partial charge on any atom is -0.376 e. The molecule has 2 rings (SSSR count). The Morgan fingerprint density at radius 1 is 1.35 bits per heavy atom. The number of amidine groups is 1. The lowest BCUT2D eigenvalue weighted by Gasteiger charge is -2.10. The van der Waals surface area contributed by atoms with Crippen LogP contribution in [0.5, 0.6) is 0 Å². The first-order valence-electron chi connectivity index (χ1n) is 4.85. The molecule has 0 aromatic heterocycles. The average molecular weight is 233 g/mol. The minimum absolute atomic E-state index is 0.112. The number of nitrogens with zero attached hydrogens (tertiary/aromatic N) is 3. The lowest BCUT2D eigenvalue weighted by Crippen LogP contribution is -2.32. The number of hydrogen-bond donors (Lipinski definition) is 3. The minimum atomic E-state index is -1.43. The number of aliphatic hydroxyl groups is 1. The maximum Gasteiger partial charge on any atom is 0.284 e. The number of benzene rings is 1. The van der Waals surface area contributed by atoms with Crippen molar-refractivity contribution in [1.29, 1.82) is 0 Å². The Morgan fingerprint density at radius 2 is 2.00 bits per heavy atom. The van der Waals surface area contributed by atoms with Crippen LogP contribution in [0.3, 0.4) is 0 Å². The third-order valence-corrected chi connectivity index (χ3v) is 2.13. The number of rotatable bonds is 1. The molecule has 1 aromatic rings. The largest absolute Gasteiger partial charge is 0.376 e. The van der Waals surface area contributed by atoms with E-state index in [1.165, 1.54) is 0 Å². The van der Waals surface area contributed by atoms with E-state index in [0.717, 1.165) is 5.01 Å². The summed E-state index contributed by atoms with van der Waals surface area (Å²) >= 11 is 0. The molecular formula is C10H11N5O2. The molecule has 88 valence electrons. The zero-order valence-corrected chi connectivity index (χ0v) is 8.82. The molecule has 0 radical (unpaired) electrons. The van der Waals surface area contributed by atoms with Gasteiger partial charge in [0.2, 0.25) is 0 Å². The summed E-state index contributed by atoms with van der Waals surface area (Å²) in [4.78, 5) is 15.3. The van der Waals surface area contributed by atoms with Crippen LogP contribution in [0.25, 0.3) is 0 Å². The van der Waals surface area contributed by atoms with Crippen molar-refractivity contribution in [2.24, 2.45) is 21.6 Å². The molecule has 0 saturated carbocycles. The monoisotopic (exact) mass is 233 g/mol. The van der Waals surface area contributed by atoms with Crippen LogP contribution < -0.4 is 16.5 Å². The van der Waals surface area contributed by atoms with E-state index in [1.54, 1.807) is 30.3 Å². The van der Waals surface area contributed by atoms with Crippen molar-refractivity contribution in [1.82, 2.24) is 0 Å². The number of nitrogens with two attached hydrogens (primary N) is 2. The molecule has 0 fully saturated rings. The SMILES string of the molecule is NC(N)=NC1=NN(c2ccccc2)C(=O)C1O. The number of hydrazone groups is 1. The van der Waals surface area contributed by atoms with Crippen LogP contribution in [0, 0.1) is 0 Å². The van der Waals surface area contributed by atoms with Gasteiger partial charge in [-0.15, -0.1) is 5.10 Å². The van der Waals surface area contributed by atoms with Crippen molar-refractivity contribution in [3.05, 3.63) is 30.3 Å². The molecular weight excluding hydrogens is 222 g/mol. The van der Waals surface area contributed by atoms with Crippen molar-refractivity contribution in [3.63, 3.8) is 0 Å². The number of anilines is 1. The van der Waals surface area contributed by atoms with E-state index < -0.39 is 12.0 Å². The summed E-state index contributed by atoms with van der Waals surface area (Å²) in [7, 11) is 0. The Hall–Kier alpha value is -2.41. The highest BCUT2D eigenvalue weighted by Crippen LogP contribution is 2.20. The molecule has 1 heterocycles. The van der Waals surface area contributed by atoms with Crippen LogP contribution >= 0.6 is 0 Å². The van der Waals surface area contributed by atoms with Gasteiger partial charge in [0, 0.05) is 0 Å². The molecule has 0 saturated heterocycles. The Labute approximate surface area is 97.0 Å². The summed E-state index contributed by atoms with van der Waals surface area (Å²) in [6.07, 6.45) is -1.43. The van der Waals surface area contributed by atoms with E-state index in [-0.39, 0.29) is 11.8 Å². The van der Waals surface area contributed by atoms with Crippen LogP contribution in [0.1, 0.15) is 0 Å². The number of guanidine groups is 1. The zero-order chi connectivity index (χ0) is 12.4. The Balaban J connectivity index is 2.35. The van der Waals surface area contributed by atoms with Crippen LogP contribution in [0.2, 0.25) is 0 Å². The summed E-state index contributed by atoms with van der Waals surface area (Å²) < 4.78 is 0. The lowest BCUT2D eigenvalue weighted by atomic mass is 10.3. The first-order chi connectivity index (χ1) is 8.09. The molecule has 1 aliphatic rings. The molecule has 7 nitrogen and oxygen atoms in total. The van der Waals surface area contributed by atoms with E-state index in [1.807, 2.05) is 0 Å². The Morgan fingerprint density at radius 3 is 2.59 bits per heavy atom. The molecule has 17 heavy (non-hydrogen) atoms. The number of carbonyl (C=O) groups excluding carboxylic acids is 1.